The van der Waals surface area contributed by atoms with Crippen LogP contribution < -0.4 is 10.1 Å². The monoisotopic (exact) mass is 712 g/mol. The van der Waals surface area contributed by atoms with Gasteiger partial charge in [0, 0.05) is 26.3 Å². The van der Waals surface area contributed by atoms with Crippen LogP contribution in [0.15, 0.2) is 24.3 Å². The molecule has 8 heteroatoms. The molecule has 1 rings (SSSR count). The number of unbranched alkanes of at least 4 members (excludes halogenated alkanes) is 15. The highest BCUT2D eigenvalue weighted by atomic mass is 16.7. The molecule has 0 saturated carbocycles. The quantitative estimate of drug-likeness (QED) is 0.0628. The molecule has 1 atom stereocenters. The predicted molar refractivity (Wildman–Crippen MR) is 210 cm³/mol. The molecule has 296 valence electrons. The third kappa shape index (κ3) is 29.8. The van der Waals surface area contributed by atoms with Gasteiger partial charge in [-0.3, -0.25) is 0 Å². The van der Waals surface area contributed by atoms with Crippen LogP contribution in [-0.4, -0.2) is 64.5 Å². The Morgan fingerprint density at radius 2 is 1.14 bits per heavy atom. The van der Waals surface area contributed by atoms with E-state index >= 15 is 0 Å². The number of hydrogen-bond donors (Lipinski definition) is 1. The van der Waals surface area contributed by atoms with Crippen LogP contribution in [-0.2, 0) is 23.7 Å². The van der Waals surface area contributed by atoms with Gasteiger partial charge in [0.25, 0.3) is 0 Å². The topological polar surface area (TPSA) is 84.5 Å². The molecule has 0 saturated heterocycles. The first-order valence-corrected chi connectivity index (χ1v) is 20.1. The first-order chi connectivity index (χ1) is 24.1. The van der Waals surface area contributed by atoms with Crippen LogP contribution in [0.25, 0.3) is 0 Å². The summed E-state index contributed by atoms with van der Waals surface area (Å²) in [5, 5.41) is 2.75. The number of nitrogens with one attached hydrogen (secondary N) is 1. The molecule has 0 bridgehead atoms. The van der Waals surface area contributed by atoms with Gasteiger partial charge in [0.2, 0.25) is 0 Å². The minimum atomic E-state index is -0.548. The number of amides is 1. The Kier molecular flexibility index (Phi) is 34.4. The van der Waals surface area contributed by atoms with Gasteiger partial charge in [-0.15, -0.1) is 0 Å². The Hall–Kier alpha value is -1.87. The number of methoxy groups -OCH3 is 2. The molecular weight excluding hydrogens is 630 g/mol. The second kappa shape index (κ2) is 34.2. The average Bonchev–Trinajstić information content (AvgIpc) is 3.13. The zero-order chi connectivity index (χ0) is 37.9. The minimum absolute atomic E-state index is 0.300. The van der Waals surface area contributed by atoms with Crippen LogP contribution >= 0.6 is 0 Å². The normalized spacial score (nSPS) is 11.9. The van der Waals surface area contributed by atoms with E-state index < -0.39 is 18.0 Å². The third-order valence-corrected chi connectivity index (χ3v) is 8.19. The first-order valence-electron chi connectivity index (χ1n) is 20.1. The Balaban J connectivity index is 0. The maximum Gasteiger partial charge on any atom is 0.407 e. The van der Waals surface area contributed by atoms with Crippen LogP contribution in [0.4, 0.5) is 4.79 Å². The highest BCUT2D eigenvalue weighted by Gasteiger charge is 2.25. The van der Waals surface area contributed by atoms with Gasteiger partial charge in [0.1, 0.15) is 12.4 Å². The average molecular weight is 712 g/mol. The molecule has 0 aliphatic rings. The molecule has 1 N–H and O–H groups in total. The summed E-state index contributed by atoms with van der Waals surface area (Å²) in [5.74, 6) is 0.732. The van der Waals surface area contributed by atoms with E-state index in [1.54, 1.807) is 14.2 Å². The van der Waals surface area contributed by atoms with Gasteiger partial charge < -0.3 is 33.7 Å². The van der Waals surface area contributed by atoms with E-state index in [0.717, 1.165) is 24.2 Å². The number of alkyl carbamates (subject to hydrolysis) is 1. The fraction of sp³-hybridized carbons (Fsp3) is 0.833. The zero-order valence-electron chi connectivity index (χ0n) is 34.6. The molecule has 1 amide bonds. The smallest absolute Gasteiger partial charge is 0.407 e. The van der Waals surface area contributed by atoms with Crippen molar-refractivity contribution in [3.8, 4) is 5.75 Å². The highest BCUT2D eigenvalue weighted by Crippen LogP contribution is 2.23. The molecule has 8 nitrogen and oxygen atoms in total. The summed E-state index contributed by atoms with van der Waals surface area (Å²) in [7, 11) is 3.27. The molecule has 1 aromatic rings. The molecule has 0 aliphatic heterocycles. The van der Waals surface area contributed by atoms with Crippen LogP contribution in [0.2, 0.25) is 0 Å². The fourth-order valence-electron chi connectivity index (χ4n) is 4.93. The van der Waals surface area contributed by atoms with Gasteiger partial charge in [-0.25, -0.2) is 4.79 Å². The standard InChI is InChI=1S/C38H69NO7.2C2H6/c1-8-9-10-11-12-13-14-15-16-17-18-19-20-21-22-23-29-44-36(40)39-28-30-43-35(41-6)33-24-26-34(27-25-33)45-31-38(4,5)46-32-37(2,3)42-7;2*1-2/h24-27,35H,8-23,28-32H2,1-7H3,(H,39,40);2*1-2H3. The van der Waals surface area contributed by atoms with Gasteiger partial charge in [0.05, 0.1) is 31.0 Å². The van der Waals surface area contributed by atoms with Crippen molar-refractivity contribution in [2.24, 2.45) is 0 Å². The maximum atomic E-state index is 12.0. The molecule has 0 heterocycles. The lowest BCUT2D eigenvalue weighted by Gasteiger charge is -2.31. The summed E-state index contributed by atoms with van der Waals surface area (Å²) in [6.07, 6.45) is 20.2. The van der Waals surface area contributed by atoms with Crippen molar-refractivity contribution in [3.63, 3.8) is 0 Å². The van der Waals surface area contributed by atoms with E-state index in [1.165, 1.54) is 89.9 Å². The minimum Gasteiger partial charge on any atom is -0.491 e. The van der Waals surface area contributed by atoms with Crippen LogP contribution in [0, 0.1) is 0 Å². The number of benzene rings is 1. The summed E-state index contributed by atoms with van der Waals surface area (Å²) < 4.78 is 34.0. The molecule has 50 heavy (non-hydrogen) atoms. The molecule has 0 aliphatic carbocycles. The third-order valence-electron chi connectivity index (χ3n) is 8.19. The van der Waals surface area contributed by atoms with Gasteiger partial charge in [0.15, 0.2) is 6.29 Å². The van der Waals surface area contributed by atoms with Crippen molar-refractivity contribution in [2.45, 2.75) is 183 Å². The number of carbonyl (C=O) groups is 1. The summed E-state index contributed by atoms with van der Waals surface area (Å²) in [6, 6.07) is 7.58. The first kappa shape index (κ1) is 50.2. The van der Waals surface area contributed by atoms with Crippen LogP contribution in [0.5, 0.6) is 5.75 Å². The van der Waals surface area contributed by atoms with E-state index in [2.05, 4.69) is 12.2 Å². The van der Waals surface area contributed by atoms with Crippen LogP contribution in [0.3, 0.4) is 0 Å². The zero-order valence-corrected chi connectivity index (χ0v) is 34.6. The molecule has 0 radical (unpaired) electrons. The maximum absolute atomic E-state index is 12.0. The lowest BCUT2D eigenvalue weighted by molar-refractivity contribution is -0.126. The summed E-state index contributed by atoms with van der Waals surface area (Å²) in [5.41, 5.74) is 0.0417. The lowest BCUT2D eigenvalue weighted by atomic mass is 10.0. The summed E-state index contributed by atoms with van der Waals surface area (Å²) in [4.78, 5) is 12.0. The van der Waals surface area contributed by atoms with E-state index in [9.17, 15) is 4.79 Å². The predicted octanol–water partition coefficient (Wildman–Crippen LogP) is 12.0. The molecule has 1 unspecified atom stereocenters. The SMILES string of the molecule is CC.CC.CCCCCCCCCCCCCCCCCCOC(=O)NCCOC(OC)c1ccc(OCC(C)(C)OCC(C)(C)OC)cc1. The van der Waals surface area contributed by atoms with E-state index in [-0.39, 0.29) is 5.60 Å². The number of ether oxygens (including phenoxy) is 6. The van der Waals surface area contributed by atoms with Crippen molar-refractivity contribution in [1.29, 1.82) is 0 Å². The Bertz CT molecular complexity index is 860. The number of carbonyl (C=O) groups excluding carboxylic acids is 1. The van der Waals surface area contributed by atoms with E-state index in [4.69, 9.17) is 28.4 Å². The van der Waals surface area contributed by atoms with Gasteiger partial charge in [-0.2, -0.15) is 0 Å². The molecule has 0 spiro atoms. The number of hydrogen-bond acceptors (Lipinski definition) is 7. The highest BCUT2D eigenvalue weighted by molar-refractivity contribution is 5.66. The largest absolute Gasteiger partial charge is 0.491 e. The Morgan fingerprint density at radius 1 is 0.660 bits per heavy atom. The van der Waals surface area contributed by atoms with Crippen molar-refractivity contribution in [1.82, 2.24) is 5.32 Å². The van der Waals surface area contributed by atoms with Gasteiger partial charge in [-0.05, 0) is 46.2 Å². The van der Waals surface area contributed by atoms with Crippen molar-refractivity contribution in [2.75, 3.05) is 47.2 Å². The molecule has 0 aromatic heterocycles. The van der Waals surface area contributed by atoms with Crippen molar-refractivity contribution < 1.29 is 33.2 Å². The second-order valence-electron chi connectivity index (χ2n) is 13.7. The molecular formula is C42H81NO7. The second-order valence-corrected chi connectivity index (χ2v) is 13.7. The van der Waals surface area contributed by atoms with Crippen molar-refractivity contribution in [3.05, 3.63) is 29.8 Å². The van der Waals surface area contributed by atoms with E-state index in [0.29, 0.717) is 33.0 Å². The summed E-state index contributed by atoms with van der Waals surface area (Å²) >= 11 is 0. The Labute approximate surface area is 309 Å². The van der Waals surface area contributed by atoms with Gasteiger partial charge >= 0.3 is 6.09 Å². The molecule has 1 aromatic carbocycles. The van der Waals surface area contributed by atoms with Crippen LogP contribution in [0.1, 0.15) is 177 Å². The Morgan fingerprint density at radius 3 is 1.60 bits per heavy atom. The van der Waals surface area contributed by atoms with E-state index in [1.807, 2.05) is 79.7 Å². The number of rotatable bonds is 30. The molecule has 0 fully saturated rings. The van der Waals surface area contributed by atoms with Crippen molar-refractivity contribution >= 4 is 6.09 Å². The van der Waals surface area contributed by atoms with Gasteiger partial charge in [-0.1, -0.05) is 143 Å². The lowest BCUT2D eigenvalue weighted by Crippen LogP contribution is -2.39. The summed E-state index contributed by atoms with van der Waals surface area (Å²) in [6.45, 7) is 20.2. The fourth-order valence-corrected chi connectivity index (χ4v) is 4.93.